The molecule has 0 heterocycles. The third-order valence-electron chi connectivity index (χ3n) is 4.38. The van der Waals surface area contributed by atoms with Gasteiger partial charge in [-0.2, -0.15) is 13.2 Å². The number of hydrogen-bond acceptors (Lipinski definition) is 2. The predicted molar refractivity (Wildman–Crippen MR) is 65.5 cm³/mol. The lowest BCUT2D eigenvalue weighted by Crippen LogP contribution is -2.64. The van der Waals surface area contributed by atoms with Crippen molar-refractivity contribution in [1.82, 2.24) is 5.32 Å². The molecule has 3 atom stereocenters. The summed E-state index contributed by atoms with van der Waals surface area (Å²) in [6.07, 6.45) is -3.87. The molecule has 1 saturated carbocycles. The van der Waals surface area contributed by atoms with Crippen molar-refractivity contribution in [1.29, 1.82) is 0 Å². The molecule has 0 bridgehead atoms. The molecule has 108 valence electrons. The SMILES string of the molecule is CCNC1CC(OC(C)C(F)(F)F)C1(CC)CC. The summed E-state index contributed by atoms with van der Waals surface area (Å²) < 4.78 is 42.9. The molecule has 1 N–H and O–H groups in total. The molecule has 0 radical (unpaired) electrons. The van der Waals surface area contributed by atoms with Crippen LogP contribution in [0.2, 0.25) is 0 Å². The van der Waals surface area contributed by atoms with E-state index in [1.54, 1.807) is 0 Å². The first-order chi connectivity index (χ1) is 8.31. The van der Waals surface area contributed by atoms with Crippen molar-refractivity contribution in [3.05, 3.63) is 0 Å². The van der Waals surface area contributed by atoms with Crippen molar-refractivity contribution in [2.45, 2.75) is 71.4 Å². The number of alkyl halides is 3. The van der Waals surface area contributed by atoms with Gasteiger partial charge >= 0.3 is 6.18 Å². The van der Waals surface area contributed by atoms with Crippen molar-refractivity contribution < 1.29 is 17.9 Å². The van der Waals surface area contributed by atoms with Crippen LogP contribution in [0.4, 0.5) is 13.2 Å². The maximum atomic E-state index is 12.5. The molecule has 0 amide bonds. The van der Waals surface area contributed by atoms with Gasteiger partial charge in [-0.25, -0.2) is 0 Å². The van der Waals surface area contributed by atoms with Gasteiger partial charge < -0.3 is 10.1 Å². The average molecular weight is 267 g/mol. The minimum Gasteiger partial charge on any atom is -0.365 e. The van der Waals surface area contributed by atoms with E-state index in [2.05, 4.69) is 5.32 Å². The Bertz CT molecular complexity index is 263. The second-order valence-electron chi connectivity index (χ2n) is 5.09. The average Bonchev–Trinajstić information content (AvgIpc) is 2.28. The first-order valence-electron chi connectivity index (χ1n) is 6.77. The summed E-state index contributed by atoms with van der Waals surface area (Å²) in [5.74, 6) is 0. The lowest BCUT2D eigenvalue weighted by Gasteiger charge is -2.56. The highest BCUT2D eigenvalue weighted by Crippen LogP contribution is 2.49. The minimum atomic E-state index is -4.27. The highest BCUT2D eigenvalue weighted by molar-refractivity contribution is 5.06. The molecular formula is C13H24F3NO. The second-order valence-corrected chi connectivity index (χ2v) is 5.09. The van der Waals surface area contributed by atoms with Crippen LogP contribution in [0.25, 0.3) is 0 Å². The summed E-state index contributed by atoms with van der Waals surface area (Å²) >= 11 is 0. The topological polar surface area (TPSA) is 21.3 Å². The molecule has 1 fully saturated rings. The van der Waals surface area contributed by atoms with Crippen LogP contribution in [0.3, 0.4) is 0 Å². The lowest BCUT2D eigenvalue weighted by atomic mass is 9.58. The van der Waals surface area contributed by atoms with Gasteiger partial charge in [0.05, 0.1) is 6.10 Å². The Balaban J connectivity index is 2.68. The van der Waals surface area contributed by atoms with Crippen LogP contribution in [0.15, 0.2) is 0 Å². The molecule has 0 aromatic rings. The molecule has 18 heavy (non-hydrogen) atoms. The highest BCUT2D eigenvalue weighted by atomic mass is 19.4. The largest absolute Gasteiger partial charge is 0.414 e. The van der Waals surface area contributed by atoms with Crippen molar-refractivity contribution >= 4 is 0 Å². The monoisotopic (exact) mass is 267 g/mol. The van der Waals surface area contributed by atoms with Crippen LogP contribution < -0.4 is 5.32 Å². The first kappa shape index (κ1) is 15.8. The molecule has 1 rings (SSSR count). The van der Waals surface area contributed by atoms with Crippen LogP contribution in [0, 0.1) is 5.41 Å². The fourth-order valence-corrected chi connectivity index (χ4v) is 2.99. The van der Waals surface area contributed by atoms with Crippen LogP contribution in [-0.2, 0) is 4.74 Å². The fourth-order valence-electron chi connectivity index (χ4n) is 2.99. The third kappa shape index (κ3) is 2.82. The number of nitrogens with one attached hydrogen (secondary N) is 1. The van der Waals surface area contributed by atoms with Gasteiger partial charge in [0.15, 0.2) is 6.10 Å². The van der Waals surface area contributed by atoms with E-state index in [0.29, 0.717) is 6.42 Å². The number of ether oxygens (including phenoxy) is 1. The number of halogens is 3. The van der Waals surface area contributed by atoms with Crippen LogP contribution in [-0.4, -0.2) is 31.0 Å². The van der Waals surface area contributed by atoms with E-state index in [1.807, 2.05) is 20.8 Å². The van der Waals surface area contributed by atoms with Crippen molar-refractivity contribution in [3.63, 3.8) is 0 Å². The van der Waals surface area contributed by atoms with Crippen LogP contribution in [0.5, 0.6) is 0 Å². The Labute approximate surface area is 107 Å². The van der Waals surface area contributed by atoms with E-state index < -0.39 is 12.3 Å². The zero-order valence-electron chi connectivity index (χ0n) is 11.6. The molecule has 1 aliphatic carbocycles. The van der Waals surface area contributed by atoms with Gasteiger partial charge in [-0.15, -0.1) is 0 Å². The summed E-state index contributed by atoms with van der Waals surface area (Å²) in [6, 6.07) is 0.280. The maximum Gasteiger partial charge on any atom is 0.414 e. The molecule has 0 aliphatic heterocycles. The summed E-state index contributed by atoms with van der Waals surface area (Å²) in [6.45, 7) is 8.01. The van der Waals surface area contributed by atoms with Gasteiger partial charge in [-0.05, 0) is 32.7 Å². The van der Waals surface area contributed by atoms with Crippen molar-refractivity contribution in [3.8, 4) is 0 Å². The Morgan fingerprint density at radius 2 is 1.83 bits per heavy atom. The molecule has 0 saturated heterocycles. The third-order valence-corrected chi connectivity index (χ3v) is 4.38. The van der Waals surface area contributed by atoms with E-state index in [1.165, 1.54) is 0 Å². The fraction of sp³-hybridized carbons (Fsp3) is 1.00. The Kier molecular flexibility index (Phi) is 5.06. The normalized spacial score (nSPS) is 28.8. The summed E-state index contributed by atoms with van der Waals surface area (Å²) in [5.41, 5.74) is -0.143. The van der Waals surface area contributed by atoms with E-state index in [-0.39, 0.29) is 17.6 Å². The number of hydrogen-bond donors (Lipinski definition) is 1. The van der Waals surface area contributed by atoms with Crippen molar-refractivity contribution in [2.24, 2.45) is 5.41 Å². The zero-order chi connectivity index (χ0) is 14.0. The van der Waals surface area contributed by atoms with Crippen molar-refractivity contribution in [2.75, 3.05) is 6.54 Å². The summed E-state index contributed by atoms with van der Waals surface area (Å²) in [4.78, 5) is 0. The molecule has 0 aromatic carbocycles. The van der Waals surface area contributed by atoms with Crippen LogP contribution in [0.1, 0.15) is 47.0 Å². The molecule has 0 spiro atoms. The summed E-state index contributed by atoms with van der Waals surface area (Å²) in [7, 11) is 0. The van der Waals surface area contributed by atoms with E-state index in [4.69, 9.17) is 4.74 Å². The van der Waals surface area contributed by atoms with Crippen LogP contribution >= 0.6 is 0 Å². The zero-order valence-corrected chi connectivity index (χ0v) is 11.6. The maximum absolute atomic E-state index is 12.5. The Morgan fingerprint density at radius 3 is 2.22 bits per heavy atom. The number of rotatable bonds is 6. The van der Waals surface area contributed by atoms with Gasteiger partial charge in [0.1, 0.15) is 0 Å². The van der Waals surface area contributed by atoms with Gasteiger partial charge in [-0.1, -0.05) is 20.8 Å². The minimum absolute atomic E-state index is 0.143. The van der Waals surface area contributed by atoms with Gasteiger partial charge in [-0.3, -0.25) is 0 Å². The standard InChI is InChI=1S/C13H24F3NO/c1-5-12(6-2)10(17-7-3)8-11(12)18-9(4)13(14,15)16/h9-11,17H,5-8H2,1-4H3. The highest BCUT2D eigenvalue weighted by Gasteiger charge is 2.55. The van der Waals surface area contributed by atoms with E-state index in [9.17, 15) is 13.2 Å². The molecule has 1 aliphatic rings. The quantitative estimate of drug-likeness (QED) is 0.795. The van der Waals surface area contributed by atoms with Gasteiger partial charge in [0, 0.05) is 11.5 Å². The predicted octanol–water partition coefficient (Wildman–Crippen LogP) is 3.51. The lowest BCUT2D eigenvalue weighted by molar-refractivity contribution is -0.261. The van der Waals surface area contributed by atoms with E-state index in [0.717, 1.165) is 26.3 Å². The van der Waals surface area contributed by atoms with Gasteiger partial charge in [0.2, 0.25) is 0 Å². The molecule has 5 heteroatoms. The molecular weight excluding hydrogens is 243 g/mol. The Morgan fingerprint density at radius 1 is 1.28 bits per heavy atom. The second kappa shape index (κ2) is 5.78. The molecule has 3 unspecified atom stereocenters. The molecule has 0 aromatic heterocycles. The summed E-state index contributed by atoms with van der Waals surface area (Å²) in [5, 5.41) is 3.36. The van der Waals surface area contributed by atoms with Gasteiger partial charge in [0.25, 0.3) is 0 Å². The molecule has 2 nitrogen and oxygen atoms in total. The van der Waals surface area contributed by atoms with E-state index >= 15 is 0 Å². The first-order valence-corrected chi connectivity index (χ1v) is 6.77. The Hall–Kier alpha value is -0.290. The smallest absolute Gasteiger partial charge is 0.365 e.